The molecular weight excluding hydrogens is 530 g/mol. The van der Waals surface area contributed by atoms with Gasteiger partial charge in [0.05, 0.1) is 0 Å². The Labute approximate surface area is 252 Å². The number of hydrogen-bond acceptors (Lipinski definition) is 5. The number of rotatable bonds is 14. The van der Waals surface area contributed by atoms with Gasteiger partial charge in [0.25, 0.3) is 0 Å². The van der Waals surface area contributed by atoms with Crippen molar-refractivity contribution in [3.8, 4) is 5.75 Å². The molecule has 3 amide bonds. The van der Waals surface area contributed by atoms with Crippen molar-refractivity contribution in [2.45, 2.75) is 117 Å². The number of carbonyl (C=O) groups is 3. The first-order chi connectivity index (χ1) is 19.7. The van der Waals surface area contributed by atoms with E-state index >= 15 is 0 Å². The van der Waals surface area contributed by atoms with Crippen LogP contribution < -0.4 is 10.6 Å². The normalized spacial score (nSPS) is 13.1. The molecule has 0 saturated carbocycles. The molecule has 8 heteroatoms. The van der Waals surface area contributed by atoms with Crippen LogP contribution in [0.3, 0.4) is 0 Å². The number of nitrogens with one attached hydrogen (secondary N) is 2. The molecule has 0 radical (unpaired) electrons. The van der Waals surface area contributed by atoms with Crippen molar-refractivity contribution in [2.75, 3.05) is 6.54 Å². The summed E-state index contributed by atoms with van der Waals surface area (Å²) in [5, 5.41) is 16.1. The van der Waals surface area contributed by atoms with Crippen LogP contribution in [0.15, 0.2) is 54.6 Å². The third-order valence-corrected chi connectivity index (χ3v) is 6.55. The maximum atomic E-state index is 14.5. The minimum Gasteiger partial charge on any atom is -0.508 e. The van der Waals surface area contributed by atoms with Crippen molar-refractivity contribution < 1.29 is 24.2 Å². The molecule has 8 nitrogen and oxygen atoms in total. The number of alkyl carbamates (subject to hydrolysis) is 1. The topological polar surface area (TPSA) is 108 Å². The summed E-state index contributed by atoms with van der Waals surface area (Å²) in [5.41, 5.74) is 0.0460. The maximum absolute atomic E-state index is 14.5. The Morgan fingerprint density at radius 3 is 2.12 bits per heavy atom. The fraction of sp³-hybridized carbons (Fsp3) is 0.559. The highest BCUT2D eigenvalue weighted by Crippen LogP contribution is 2.27. The van der Waals surface area contributed by atoms with Gasteiger partial charge in [-0.25, -0.2) is 4.79 Å². The van der Waals surface area contributed by atoms with Gasteiger partial charge in [0.2, 0.25) is 11.8 Å². The van der Waals surface area contributed by atoms with Gasteiger partial charge in [0.15, 0.2) is 0 Å². The van der Waals surface area contributed by atoms with Crippen molar-refractivity contribution in [3.05, 3.63) is 65.7 Å². The SMILES string of the molecule is CCCCCCCCN(C(=O)C(Cc1ccccc1)NC(=O)OC(C)(C)C)C(C(=O)NC(C)(C)C)c1cccc(O)c1. The first-order valence-corrected chi connectivity index (χ1v) is 15.1. The summed E-state index contributed by atoms with van der Waals surface area (Å²) in [7, 11) is 0. The van der Waals surface area contributed by atoms with Crippen molar-refractivity contribution in [3.63, 3.8) is 0 Å². The largest absolute Gasteiger partial charge is 0.508 e. The lowest BCUT2D eigenvalue weighted by Crippen LogP contribution is -2.55. The molecule has 2 unspecified atom stereocenters. The molecule has 0 aliphatic carbocycles. The number of unbranched alkanes of at least 4 members (excludes halogenated alkanes) is 5. The third kappa shape index (κ3) is 12.5. The number of phenols is 1. The molecule has 0 heterocycles. The Balaban J connectivity index is 2.54. The Morgan fingerprint density at radius 2 is 1.52 bits per heavy atom. The van der Waals surface area contributed by atoms with Gasteiger partial charge in [-0.2, -0.15) is 0 Å². The lowest BCUT2D eigenvalue weighted by atomic mass is 9.98. The van der Waals surface area contributed by atoms with Gasteiger partial charge >= 0.3 is 6.09 Å². The lowest BCUT2D eigenvalue weighted by Gasteiger charge is -2.36. The number of amides is 3. The Bertz CT molecular complexity index is 1140. The van der Waals surface area contributed by atoms with E-state index < -0.39 is 35.2 Å². The smallest absolute Gasteiger partial charge is 0.408 e. The Morgan fingerprint density at radius 1 is 0.881 bits per heavy atom. The Kier molecular flexibility index (Phi) is 13.4. The lowest BCUT2D eigenvalue weighted by molar-refractivity contribution is -0.143. The Hall–Kier alpha value is -3.55. The number of ether oxygens (including phenoxy) is 1. The number of phenolic OH excluding ortho intramolecular Hbond substituents is 1. The molecule has 0 aliphatic heterocycles. The molecule has 2 aromatic carbocycles. The van der Waals surface area contributed by atoms with Crippen LogP contribution >= 0.6 is 0 Å². The van der Waals surface area contributed by atoms with Crippen LogP contribution in [0.1, 0.15) is 104 Å². The van der Waals surface area contributed by atoms with Gasteiger partial charge in [-0.05, 0) is 71.2 Å². The van der Waals surface area contributed by atoms with Crippen LogP contribution in [-0.2, 0) is 20.7 Å². The van der Waals surface area contributed by atoms with E-state index in [0.29, 0.717) is 18.5 Å². The average molecular weight is 582 g/mol. The van der Waals surface area contributed by atoms with Gasteiger partial charge < -0.3 is 25.4 Å². The molecule has 42 heavy (non-hydrogen) atoms. The van der Waals surface area contributed by atoms with Gasteiger partial charge in [-0.1, -0.05) is 81.5 Å². The highest BCUT2D eigenvalue weighted by atomic mass is 16.6. The minimum absolute atomic E-state index is 0.000684. The fourth-order valence-corrected chi connectivity index (χ4v) is 4.73. The van der Waals surface area contributed by atoms with Gasteiger partial charge in [0.1, 0.15) is 23.4 Å². The van der Waals surface area contributed by atoms with E-state index in [-0.39, 0.29) is 18.1 Å². The summed E-state index contributed by atoms with van der Waals surface area (Å²) < 4.78 is 5.51. The van der Waals surface area contributed by atoms with Crippen molar-refractivity contribution >= 4 is 17.9 Å². The van der Waals surface area contributed by atoms with E-state index in [1.807, 2.05) is 51.1 Å². The number of hydrogen-bond donors (Lipinski definition) is 3. The van der Waals surface area contributed by atoms with Crippen molar-refractivity contribution in [1.82, 2.24) is 15.5 Å². The van der Waals surface area contributed by atoms with Crippen LogP contribution in [-0.4, -0.2) is 51.6 Å². The monoisotopic (exact) mass is 581 g/mol. The van der Waals surface area contributed by atoms with E-state index in [1.165, 1.54) is 12.1 Å². The molecule has 0 fully saturated rings. The maximum Gasteiger partial charge on any atom is 0.408 e. The number of benzene rings is 2. The zero-order valence-corrected chi connectivity index (χ0v) is 26.5. The summed E-state index contributed by atoms with van der Waals surface area (Å²) in [5.74, 6) is -0.750. The summed E-state index contributed by atoms with van der Waals surface area (Å²) in [6.45, 7) is 13.4. The third-order valence-electron chi connectivity index (χ3n) is 6.55. The molecule has 0 saturated heterocycles. The summed E-state index contributed by atoms with van der Waals surface area (Å²) >= 11 is 0. The van der Waals surface area contributed by atoms with Gasteiger partial charge in [0, 0.05) is 18.5 Å². The molecule has 3 N–H and O–H groups in total. The van der Waals surface area contributed by atoms with Crippen LogP contribution in [0.2, 0.25) is 0 Å². The van der Waals surface area contributed by atoms with E-state index in [9.17, 15) is 19.5 Å². The van der Waals surface area contributed by atoms with Crippen molar-refractivity contribution in [2.24, 2.45) is 0 Å². The molecule has 0 bridgehead atoms. The first-order valence-electron chi connectivity index (χ1n) is 15.1. The predicted octanol–water partition coefficient (Wildman–Crippen LogP) is 6.67. The second-order valence-corrected chi connectivity index (χ2v) is 12.9. The van der Waals surface area contributed by atoms with Crippen LogP contribution in [0, 0.1) is 0 Å². The van der Waals surface area contributed by atoms with E-state index in [2.05, 4.69) is 17.6 Å². The summed E-state index contributed by atoms with van der Waals surface area (Å²) in [6.07, 6.45) is 5.55. The zero-order valence-electron chi connectivity index (χ0n) is 26.5. The fourth-order valence-electron chi connectivity index (χ4n) is 4.73. The zero-order chi connectivity index (χ0) is 31.3. The van der Waals surface area contributed by atoms with Crippen LogP contribution in [0.4, 0.5) is 4.79 Å². The number of nitrogens with zero attached hydrogens (tertiary/aromatic N) is 1. The minimum atomic E-state index is -1.02. The summed E-state index contributed by atoms with van der Waals surface area (Å²) in [6, 6.07) is 13.9. The quantitative estimate of drug-likeness (QED) is 0.216. The van der Waals surface area contributed by atoms with Crippen LogP contribution in [0.25, 0.3) is 0 Å². The van der Waals surface area contributed by atoms with E-state index in [1.54, 1.807) is 37.8 Å². The van der Waals surface area contributed by atoms with E-state index in [0.717, 1.165) is 37.7 Å². The number of carbonyl (C=O) groups excluding carboxylic acids is 3. The molecular formula is C34H51N3O5. The van der Waals surface area contributed by atoms with Crippen molar-refractivity contribution in [1.29, 1.82) is 0 Å². The van der Waals surface area contributed by atoms with E-state index in [4.69, 9.17) is 4.74 Å². The molecule has 2 aromatic rings. The molecule has 232 valence electrons. The molecule has 0 aliphatic rings. The second kappa shape index (κ2) is 16.2. The molecule has 0 spiro atoms. The number of aromatic hydroxyl groups is 1. The second-order valence-electron chi connectivity index (χ2n) is 12.9. The predicted molar refractivity (Wildman–Crippen MR) is 167 cm³/mol. The van der Waals surface area contributed by atoms with Gasteiger partial charge in [-0.15, -0.1) is 0 Å². The first kappa shape index (κ1) is 34.7. The average Bonchev–Trinajstić information content (AvgIpc) is 2.87. The molecule has 0 aromatic heterocycles. The molecule has 2 atom stereocenters. The van der Waals surface area contributed by atoms with Crippen LogP contribution in [0.5, 0.6) is 5.75 Å². The summed E-state index contributed by atoms with van der Waals surface area (Å²) in [4.78, 5) is 42.9. The van der Waals surface area contributed by atoms with Gasteiger partial charge in [-0.3, -0.25) is 9.59 Å². The standard InChI is InChI=1S/C34H51N3O5/c1-8-9-10-11-12-16-22-37(29(30(39)36-33(2,3)4)26-20-17-21-27(38)24-26)31(40)28(23-25-18-14-13-15-19-25)35-32(41)42-34(5,6)7/h13-15,17-21,24,28-29,38H,8-12,16,22-23H2,1-7H3,(H,35,41)(H,36,39). The molecule has 2 rings (SSSR count). The highest BCUT2D eigenvalue weighted by molar-refractivity contribution is 5.92. The highest BCUT2D eigenvalue weighted by Gasteiger charge is 2.37.